The Morgan fingerprint density at radius 1 is 1.08 bits per heavy atom. The first-order valence-corrected chi connectivity index (χ1v) is 12.9. The molecule has 0 radical (unpaired) electrons. The molecule has 2 nitrogen and oxygen atoms in total. The van der Waals surface area contributed by atoms with Crippen molar-refractivity contribution in [2.75, 3.05) is 14.1 Å². The molecule has 24 heavy (non-hydrogen) atoms. The zero-order valence-corrected chi connectivity index (χ0v) is 18.8. The van der Waals surface area contributed by atoms with Crippen LogP contribution in [0.5, 0.6) is 5.75 Å². The van der Waals surface area contributed by atoms with Gasteiger partial charge in [-0.2, -0.15) is 0 Å². The van der Waals surface area contributed by atoms with Crippen molar-refractivity contribution in [3.63, 3.8) is 0 Å². The molecule has 2 aromatic rings. The maximum atomic E-state index is 10.3. The minimum atomic E-state index is -0.556. The monoisotopic (exact) mass is 419 g/mol. The molecule has 1 N–H and O–H groups in total. The van der Waals surface area contributed by atoms with Crippen LogP contribution in [0, 0.1) is 20.8 Å². The maximum absolute atomic E-state index is 10.3. The number of hydrogen-bond donors (Lipinski definition) is 1. The van der Waals surface area contributed by atoms with Crippen molar-refractivity contribution in [2.24, 2.45) is 0 Å². The normalized spacial score (nSPS) is 10.8. The van der Waals surface area contributed by atoms with Crippen molar-refractivity contribution in [3.05, 3.63) is 52.6 Å². The van der Waals surface area contributed by atoms with Crippen molar-refractivity contribution in [1.82, 2.24) is 4.90 Å². The predicted octanol–water partition coefficient (Wildman–Crippen LogP) is 4.38. The Kier molecular flexibility index (Phi) is 9.90. The Hall–Kier alpha value is -0.0757. The molecule has 0 saturated carbocycles. The molecule has 2 rings (SSSR count). The number of aryl methyl sites for hydroxylation is 3. The average molecular weight is 420 g/mol. The van der Waals surface area contributed by atoms with Gasteiger partial charge in [-0.1, -0.05) is 32.8 Å². The molecule has 130 valence electrons. The first-order valence-electron chi connectivity index (χ1n) is 7.56. The fourth-order valence-corrected chi connectivity index (χ4v) is 4.06. The zero-order chi connectivity index (χ0) is 18.3. The van der Waals surface area contributed by atoms with E-state index >= 15 is 0 Å². The van der Waals surface area contributed by atoms with Crippen LogP contribution >= 0.6 is 27.2 Å². The van der Waals surface area contributed by atoms with Gasteiger partial charge in [0.05, 0.1) is 0 Å². The van der Waals surface area contributed by atoms with E-state index in [-0.39, 0.29) is 0 Å². The first-order chi connectivity index (χ1) is 11.3. The SMILES string of the molecule is Cc1cc(C)c(O)c(Pc2c(C)cccc2CN(C)C)c1.[Cl][Ti][Cl]. The molecule has 0 bridgehead atoms. The van der Waals surface area contributed by atoms with Gasteiger partial charge in [-0.25, -0.2) is 0 Å². The quantitative estimate of drug-likeness (QED) is 0.586. The van der Waals surface area contributed by atoms with Crippen LogP contribution in [-0.4, -0.2) is 24.1 Å². The molecule has 0 aliphatic carbocycles. The van der Waals surface area contributed by atoms with E-state index < -0.39 is 17.0 Å². The third-order valence-corrected chi connectivity index (χ3v) is 5.17. The van der Waals surface area contributed by atoms with Gasteiger partial charge in [0.25, 0.3) is 0 Å². The van der Waals surface area contributed by atoms with Crippen molar-refractivity contribution in [3.8, 4) is 5.75 Å². The van der Waals surface area contributed by atoms with Gasteiger partial charge in [0.15, 0.2) is 0 Å². The van der Waals surface area contributed by atoms with Gasteiger partial charge in [-0.05, 0) is 68.5 Å². The first kappa shape index (κ1) is 22.0. The minimum absolute atomic E-state index is 0.443. The summed E-state index contributed by atoms with van der Waals surface area (Å²) in [6.07, 6.45) is 0. The molecule has 0 heterocycles. The molecule has 0 spiro atoms. The van der Waals surface area contributed by atoms with Crippen LogP contribution in [0.1, 0.15) is 22.3 Å². The summed E-state index contributed by atoms with van der Waals surface area (Å²) in [7, 11) is 14.4. The molecular weight excluding hydrogens is 396 g/mol. The van der Waals surface area contributed by atoms with Crippen LogP contribution in [0.15, 0.2) is 30.3 Å². The molecule has 1 unspecified atom stereocenters. The summed E-state index contributed by atoms with van der Waals surface area (Å²) < 4.78 is 0. The van der Waals surface area contributed by atoms with E-state index in [0.29, 0.717) is 14.3 Å². The molecule has 0 aliphatic rings. The number of aromatic hydroxyl groups is 1. The van der Waals surface area contributed by atoms with Crippen LogP contribution in [0.2, 0.25) is 0 Å². The summed E-state index contributed by atoms with van der Waals surface area (Å²) in [5.74, 6) is 0.443. The zero-order valence-electron chi connectivity index (χ0n) is 14.7. The van der Waals surface area contributed by atoms with Crippen molar-refractivity contribution in [2.45, 2.75) is 27.3 Å². The Labute approximate surface area is 164 Å². The van der Waals surface area contributed by atoms with Crippen LogP contribution in [0.25, 0.3) is 0 Å². The number of hydrogen-bond acceptors (Lipinski definition) is 2. The molecule has 1 atom stereocenters. The van der Waals surface area contributed by atoms with E-state index in [1.807, 2.05) is 13.0 Å². The molecule has 2 aromatic carbocycles. The van der Waals surface area contributed by atoms with E-state index in [9.17, 15) is 5.11 Å². The molecule has 6 heteroatoms. The summed E-state index contributed by atoms with van der Waals surface area (Å²) in [6, 6.07) is 10.6. The summed E-state index contributed by atoms with van der Waals surface area (Å²) in [5.41, 5.74) is 4.80. The number of benzene rings is 2. The van der Waals surface area contributed by atoms with E-state index in [4.69, 9.17) is 18.6 Å². The summed E-state index contributed by atoms with van der Waals surface area (Å²) >= 11 is -0.556. The molecule has 0 aromatic heterocycles. The van der Waals surface area contributed by atoms with Gasteiger partial charge in [0, 0.05) is 11.8 Å². The van der Waals surface area contributed by atoms with Crippen LogP contribution in [-0.2, 0) is 23.6 Å². The van der Waals surface area contributed by atoms with Gasteiger partial charge in [0.2, 0.25) is 0 Å². The van der Waals surface area contributed by atoms with Gasteiger partial charge >= 0.3 is 35.6 Å². The summed E-state index contributed by atoms with van der Waals surface area (Å²) in [4.78, 5) is 2.18. The van der Waals surface area contributed by atoms with Crippen LogP contribution in [0.4, 0.5) is 0 Å². The van der Waals surface area contributed by atoms with Crippen molar-refractivity contribution in [1.29, 1.82) is 0 Å². The molecule has 0 fully saturated rings. The van der Waals surface area contributed by atoms with E-state index in [2.05, 4.69) is 57.1 Å². The van der Waals surface area contributed by atoms with E-state index in [0.717, 1.165) is 17.4 Å². The Balaban J connectivity index is 0.000000891. The molecule has 0 saturated heterocycles. The second-order valence-corrected chi connectivity index (χ2v) is 9.89. The number of halogens is 2. The summed E-state index contributed by atoms with van der Waals surface area (Å²) in [6.45, 7) is 7.13. The van der Waals surface area contributed by atoms with Gasteiger partial charge in [-0.15, -0.1) is 0 Å². The number of phenols is 1. The predicted molar refractivity (Wildman–Crippen MR) is 105 cm³/mol. The van der Waals surface area contributed by atoms with Crippen molar-refractivity contribution < 1.29 is 22.1 Å². The Morgan fingerprint density at radius 2 is 1.71 bits per heavy atom. The Morgan fingerprint density at radius 3 is 2.29 bits per heavy atom. The standard InChI is InChI=1S/C18H24NOP.2ClH.Ti/c1-12-9-14(3)17(20)16(10-12)21-18-13(2)7-6-8-15(18)11-19(4)5;;;/h6-10,20-21H,11H2,1-5H3;2*1H;/q;;;+2/p-2. The van der Waals surface area contributed by atoms with Gasteiger partial charge < -0.3 is 10.0 Å². The van der Waals surface area contributed by atoms with Crippen molar-refractivity contribution >= 4 is 37.8 Å². The average Bonchev–Trinajstić information content (AvgIpc) is 2.48. The third-order valence-electron chi connectivity index (χ3n) is 3.55. The number of nitrogens with zero attached hydrogens (tertiary/aromatic N) is 1. The third kappa shape index (κ3) is 6.67. The molecule has 0 amide bonds. The van der Waals surface area contributed by atoms with E-state index in [1.165, 1.54) is 22.0 Å². The van der Waals surface area contributed by atoms with Crippen LogP contribution in [0.3, 0.4) is 0 Å². The Bertz CT molecular complexity index is 680. The number of phenolic OH excluding ortho intramolecular Hbond substituents is 1. The van der Waals surface area contributed by atoms with Gasteiger partial charge in [-0.3, -0.25) is 0 Å². The molecular formula is C18H24Cl2NOPTi. The topological polar surface area (TPSA) is 23.5 Å². The number of rotatable bonds is 4. The van der Waals surface area contributed by atoms with E-state index in [1.54, 1.807) is 0 Å². The molecule has 0 aliphatic heterocycles. The van der Waals surface area contributed by atoms with Gasteiger partial charge in [0.1, 0.15) is 5.75 Å². The van der Waals surface area contributed by atoms with Crippen LogP contribution < -0.4 is 10.6 Å². The second kappa shape index (κ2) is 10.8. The summed E-state index contributed by atoms with van der Waals surface area (Å²) in [5, 5.41) is 12.7. The fourth-order valence-electron chi connectivity index (χ4n) is 2.57. The second-order valence-electron chi connectivity index (χ2n) is 6.02. The fraction of sp³-hybridized carbons (Fsp3) is 0.333.